The van der Waals surface area contributed by atoms with E-state index in [2.05, 4.69) is 6.92 Å². The molecule has 0 bridgehead atoms. The second kappa shape index (κ2) is 19.0. The zero-order valence-electron chi connectivity index (χ0n) is 24.5. The van der Waals surface area contributed by atoms with Crippen LogP contribution in [-0.2, 0) is 27.4 Å². The summed E-state index contributed by atoms with van der Waals surface area (Å²) >= 11 is 1.60. The van der Waals surface area contributed by atoms with Crippen molar-refractivity contribution in [3.63, 3.8) is 0 Å². The van der Waals surface area contributed by atoms with E-state index in [-0.39, 0.29) is 30.3 Å². The van der Waals surface area contributed by atoms with Gasteiger partial charge < -0.3 is 14.5 Å². The summed E-state index contributed by atoms with van der Waals surface area (Å²) in [5.41, 5.74) is 0.865. The highest BCUT2D eigenvalue weighted by Gasteiger charge is 2.26. The van der Waals surface area contributed by atoms with E-state index < -0.39 is 0 Å². The number of unbranched alkanes of at least 4 members (excludes halogenated alkanes) is 10. The Labute approximate surface area is 245 Å². The minimum absolute atomic E-state index is 0.00285. The van der Waals surface area contributed by atoms with Gasteiger partial charge in [0.2, 0.25) is 11.8 Å². The van der Waals surface area contributed by atoms with Crippen molar-refractivity contribution in [2.45, 2.75) is 116 Å². The first-order valence-corrected chi connectivity index (χ1v) is 16.4. The van der Waals surface area contributed by atoms with Gasteiger partial charge in [-0.05, 0) is 48.4 Å². The molecule has 0 unspecified atom stereocenters. The third kappa shape index (κ3) is 12.5. The lowest BCUT2D eigenvalue weighted by atomic mass is 10.0. The summed E-state index contributed by atoms with van der Waals surface area (Å²) in [5, 5.41) is 2.00. The lowest BCUT2D eigenvalue weighted by Gasteiger charge is -2.29. The van der Waals surface area contributed by atoms with Gasteiger partial charge in [0.05, 0.1) is 19.2 Å². The summed E-state index contributed by atoms with van der Waals surface area (Å²) in [5.74, 6) is -0.351. The highest BCUT2D eigenvalue weighted by molar-refractivity contribution is 7.09. The van der Waals surface area contributed by atoms with Crippen molar-refractivity contribution < 1.29 is 18.7 Å². The Balaban J connectivity index is 1.50. The summed E-state index contributed by atoms with van der Waals surface area (Å²) in [4.78, 5) is 31.5. The highest BCUT2D eigenvalue weighted by atomic mass is 32.1. The predicted octanol–water partition coefficient (Wildman–Crippen LogP) is 8.12. The molecule has 2 aromatic rings. The highest BCUT2D eigenvalue weighted by Crippen LogP contribution is 2.19. The number of nitrogens with zero attached hydrogens (tertiary/aromatic N) is 2. The van der Waals surface area contributed by atoms with Crippen LogP contribution in [0.15, 0.2) is 41.8 Å². The Morgan fingerprint density at radius 3 is 2.15 bits per heavy atom. The van der Waals surface area contributed by atoms with Gasteiger partial charge in [-0.2, -0.15) is 0 Å². The van der Waals surface area contributed by atoms with E-state index in [0.717, 1.165) is 36.1 Å². The average Bonchev–Trinajstić information content (AvgIpc) is 3.67. The van der Waals surface area contributed by atoms with Gasteiger partial charge in [-0.15, -0.1) is 11.3 Å². The topological polar surface area (TPSA) is 49.9 Å². The molecule has 1 saturated heterocycles. The molecular weight excluding hydrogens is 523 g/mol. The fourth-order valence-corrected chi connectivity index (χ4v) is 6.00. The third-order valence-corrected chi connectivity index (χ3v) is 8.55. The van der Waals surface area contributed by atoms with Crippen molar-refractivity contribution in [2.24, 2.45) is 0 Å². The third-order valence-electron chi connectivity index (χ3n) is 7.69. The number of amides is 2. The molecule has 0 N–H and O–H groups in total. The van der Waals surface area contributed by atoms with Gasteiger partial charge in [-0.3, -0.25) is 9.59 Å². The van der Waals surface area contributed by atoms with E-state index in [1.54, 1.807) is 33.3 Å². The van der Waals surface area contributed by atoms with Crippen LogP contribution in [0.1, 0.15) is 107 Å². The smallest absolute Gasteiger partial charge is 0.242 e. The number of benzene rings is 1. The summed E-state index contributed by atoms with van der Waals surface area (Å²) in [6.07, 6.45) is 16.0. The Hall–Kier alpha value is -2.25. The van der Waals surface area contributed by atoms with E-state index in [9.17, 15) is 14.0 Å². The molecule has 0 saturated carbocycles. The van der Waals surface area contributed by atoms with Crippen molar-refractivity contribution in [1.82, 2.24) is 9.80 Å². The quantitative estimate of drug-likeness (QED) is 0.151. The zero-order chi connectivity index (χ0) is 28.4. The predicted molar refractivity (Wildman–Crippen MR) is 162 cm³/mol. The van der Waals surface area contributed by atoms with Crippen molar-refractivity contribution in [2.75, 3.05) is 19.7 Å². The first-order chi connectivity index (χ1) is 19.5. The SMILES string of the molecule is CCCCCCCCCCCCCC(=O)N(CC(=O)N(Cc1ccc(F)cc1)Cc1cccs1)C[C@@H]1CCCO1. The molecule has 1 atom stereocenters. The summed E-state index contributed by atoms with van der Waals surface area (Å²) in [7, 11) is 0. The van der Waals surface area contributed by atoms with E-state index in [1.165, 1.54) is 69.9 Å². The largest absolute Gasteiger partial charge is 0.376 e. The molecule has 40 heavy (non-hydrogen) atoms. The first-order valence-electron chi connectivity index (χ1n) is 15.5. The molecule has 1 aromatic carbocycles. The minimum Gasteiger partial charge on any atom is -0.376 e. The van der Waals surface area contributed by atoms with Crippen LogP contribution in [0.5, 0.6) is 0 Å². The summed E-state index contributed by atoms with van der Waals surface area (Å²) < 4.78 is 19.3. The van der Waals surface area contributed by atoms with Gasteiger partial charge >= 0.3 is 0 Å². The molecule has 222 valence electrons. The number of hydrogen-bond acceptors (Lipinski definition) is 4. The van der Waals surface area contributed by atoms with Gasteiger partial charge in [0.1, 0.15) is 5.82 Å². The van der Waals surface area contributed by atoms with Crippen molar-refractivity contribution in [3.05, 3.63) is 58.0 Å². The molecule has 1 aliphatic heterocycles. The van der Waals surface area contributed by atoms with Crippen LogP contribution in [0.3, 0.4) is 0 Å². The summed E-state index contributed by atoms with van der Waals surface area (Å²) in [6.45, 7) is 4.32. The molecule has 1 fully saturated rings. The second-order valence-corrected chi connectivity index (χ2v) is 12.2. The van der Waals surface area contributed by atoms with Crippen molar-refractivity contribution in [1.29, 1.82) is 0 Å². The molecule has 5 nitrogen and oxygen atoms in total. The Morgan fingerprint density at radius 1 is 0.875 bits per heavy atom. The molecule has 1 aliphatic rings. The van der Waals surface area contributed by atoms with Gasteiger partial charge in [-0.1, -0.05) is 89.3 Å². The van der Waals surface area contributed by atoms with Crippen molar-refractivity contribution in [3.8, 4) is 0 Å². The molecule has 2 heterocycles. The Kier molecular flexibility index (Phi) is 15.3. The molecule has 1 aromatic heterocycles. The van der Waals surface area contributed by atoms with E-state index in [0.29, 0.717) is 32.7 Å². The number of hydrogen-bond donors (Lipinski definition) is 0. The summed E-state index contributed by atoms with van der Waals surface area (Å²) in [6, 6.07) is 10.3. The minimum atomic E-state index is -0.296. The maximum Gasteiger partial charge on any atom is 0.242 e. The van der Waals surface area contributed by atoms with E-state index >= 15 is 0 Å². The fourth-order valence-electron chi connectivity index (χ4n) is 5.28. The standard InChI is InChI=1S/C33H49FN2O3S/c1-2-3-4-5-6-7-8-9-10-11-12-17-32(37)36(25-30-15-13-22-39-30)27-33(38)35(26-31-16-14-23-40-31)24-28-18-20-29(34)21-19-28/h14,16,18-21,23,30H,2-13,15,17,22,24-27H2,1H3/t30-/m0/s1. The zero-order valence-corrected chi connectivity index (χ0v) is 25.3. The normalized spacial score (nSPS) is 14.9. The lowest BCUT2D eigenvalue weighted by Crippen LogP contribution is -2.45. The number of rotatable bonds is 20. The van der Waals surface area contributed by atoms with Gasteiger partial charge in [0.15, 0.2) is 0 Å². The van der Waals surface area contributed by atoms with E-state index in [4.69, 9.17) is 4.74 Å². The van der Waals surface area contributed by atoms with Crippen LogP contribution >= 0.6 is 11.3 Å². The van der Waals surface area contributed by atoms with Crippen LogP contribution < -0.4 is 0 Å². The van der Waals surface area contributed by atoms with Crippen molar-refractivity contribution >= 4 is 23.2 Å². The van der Waals surface area contributed by atoms with Crippen LogP contribution in [-0.4, -0.2) is 47.4 Å². The molecule has 0 radical (unpaired) electrons. The maximum absolute atomic E-state index is 13.6. The molecule has 7 heteroatoms. The number of carbonyl (C=O) groups is 2. The molecule has 0 aliphatic carbocycles. The Bertz CT molecular complexity index is 961. The molecule has 2 amide bonds. The van der Waals surface area contributed by atoms with Gasteiger partial charge in [0, 0.05) is 31.0 Å². The molecule has 3 rings (SSSR count). The fraction of sp³-hybridized carbons (Fsp3) is 0.636. The first kappa shape index (κ1) is 32.3. The van der Waals surface area contributed by atoms with Crippen LogP contribution in [0, 0.1) is 5.82 Å². The van der Waals surface area contributed by atoms with Gasteiger partial charge in [-0.25, -0.2) is 4.39 Å². The second-order valence-electron chi connectivity index (χ2n) is 11.2. The number of halogens is 1. The molecule has 0 spiro atoms. The molecular formula is C33H49FN2O3S. The van der Waals surface area contributed by atoms with E-state index in [1.807, 2.05) is 17.5 Å². The number of thiophene rings is 1. The monoisotopic (exact) mass is 572 g/mol. The maximum atomic E-state index is 13.6. The van der Waals surface area contributed by atoms with Crippen LogP contribution in [0.25, 0.3) is 0 Å². The van der Waals surface area contributed by atoms with Crippen LogP contribution in [0.4, 0.5) is 4.39 Å². The van der Waals surface area contributed by atoms with Gasteiger partial charge in [0.25, 0.3) is 0 Å². The lowest BCUT2D eigenvalue weighted by molar-refractivity contribution is -0.142. The number of carbonyl (C=O) groups excluding carboxylic acids is 2. The number of ether oxygens (including phenoxy) is 1. The average molecular weight is 573 g/mol. The van der Waals surface area contributed by atoms with Crippen LogP contribution in [0.2, 0.25) is 0 Å². The Morgan fingerprint density at radius 2 is 1.55 bits per heavy atom.